The Bertz CT molecular complexity index is 213. The second-order valence-corrected chi connectivity index (χ2v) is 4.54. The average molecular weight is 209 g/mol. The van der Waals surface area contributed by atoms with E-state index in [1.54, 1.807) is 27.4 Å². The molecule has 0 N–H and O–H groups in total. The molecule has 48 valence electrons. The molecule has 0 fully saturated rings. The molecule has 0 aliphatic carbocycles. The molecule has 1 aromatic carbocycles. The summed E-state index contributed by atoms with van der Waals surface area (Å²) in [4.78, 5) is 0. The Morgan fingerprint density at radius 2 is 1.90 bits per heavy atom. The van der Waals surface area contributed by atoms with E-state index in [-0.39, 0.29) is 0 Å². The van der Waals surface area contributed by atoms with Crippen molar-refractivity contribution in [1.29, 1.82) is 0 Å². The zero-order valence-corrected chi connectivity index (χ0v) is 8.55. The van der Waals surface area contributed by atoms with Crippen molar-refractivity contribution in [3.63, 3.8) is 0 Å². The fourth-order valence-corrected chi connectivity index (χ4v) is 1.40. The van der Waals surface area contributed by atoms with E-state index >= 15 is 0 Å². The molecule has 0 aromatic heterocycles. The molecule has 0 aliphatic heterocycles. The monoisotopic (exact) mass is 208 g/mol. The van der Waals surface area contributed by atoms with E-state index < -0.39 is 0 Å². The Balaban J connectivity index is 2.67. The zero-order chi connectivity index (χ0) is 7.40. The van der Waals surface area contributed by atoms with E-state index in [1.807, 2.05) is 0 Å². The van der Waals surface area contributed by atoms with Crippen LogP contribution in [0.15, 0.2) is 30.3 Å². The van der Waals surface area contributed by atoms with Gasteiger partial charge in [0.2, 0.25) is 0 Å². The van der Waals surface area contributed by atoms with Gasteiger partial charge in [-0.05, 0) is 0 Å². The summed E-state index contributed by atoms with van der Waals surface area (Å²) in [5.41, 5.74) is 1.43. The van der Waals surface area contributed by atoms with Crippen LogP contribution in [0.4, 0.5) is 0 Å². The summed E-state index contributed by atoms with van der Waals surface area (Å²) in [7, 11) is 0. The molecule has 1 aromatic rings. The van der Waals surface area contributed by atoms with Crippen molar-refractivity contribution in [2.75, 3.05) is 0 Å². The van der Waals surface area contributed by atoms with Crippen molar-refractivity contribution in [3.05, 3.63) is 35.9 Å². The van der Waals surface area contributed by atoms with Gasteiger partial charge in [0.1, 0.15) is 0 Å². The fourth-order valence-electron chi connectivity index (χ4n) is 0.902. The zero-order valence-electron chi connectivity index (χ0n) is 6.09. The number of hydrogen-bond acceptors (Lipinski definition) is 0. The van der Waals surface area contributed by atoms with Crippen molar-refractivity contribution >= 4 is 3.21 Å². The molecule has 0 nitrogen and oxygen atoms in total. The first-order valence-corrected chi connectivity index (χ1v) is 4.60. The molecule has 1 heteroatoms. The maximum absolute atomic E-state index is 2.20. The van der Waals surface area contributed by atoms with Crippen molar-refractivity contribution in [2.45, 2.75) is 13.3 Å². The molecule has 0 heterocycles. The van der Waals surface area contributed by atoms with Crippen LogP contribution in [0.1, 0.15) is 12.5 Å². The summed E-state index contributed by atoms with van der Waals surface area (Å²) in [5.74, 6) is 0. The molecule has 1 rings (SSSR count). The fraction of sp³-hybridized carbons (Fsp3) is 0.222. The summed E-state index contributed by atoms with van der Waals surface area (Å²) in [5, 5.41) is 0. The van der Waals surface area contributed by atoms with E-state index in [4.69, 9.17) is 0 Å². The van der Waals surface area contributed by atoms with E-state index in [0.29, 0.717) is 0 Å². The SMILES string of the molecule is C[C](=[Zr+2])Cc1ccccc1. The second kappa shape index (κ2) is 3.98. The van der Waals surface area contributed by atoms with Gasteiger partial charge in [0.25, 0.3) is 0 Å². The molecule has 0 amide bonds. The minimum absolute atomic E-state index is 1.15. The van der Waals surface area contributed by atoms with Gasteiger partial charge in [-0.2, -0.15) is 0 Å². The topological polar surface area (TPSA) is 0 Å². The van der Waals surface area contributed by atoms with Gasteiger partial charge in [-0.3, -0.25) is 0 Å². The quantitative estimate of drug-likeness (QED) is 0.698. The second-order valence-electron chi connectivity index (χ2n) is 2.44. The van der Waals surface area contributed by atoms with E-state index in [2.05, 4.69) is 37.3 Å². The number of hydrogen-bond donors (Lipinski definition) is 0. The Hall–Kier alpha value is -0.0269. The third kappa shape index (κ3) is 2.70. The van der Waals surface area contributed by atoms with Crippen LogP contribution >= 0.6 is 0 Å². The Labute approximate surface area is 76.6 Å². The predicted octanol–water partition coefficient (Wildman–Crippen LogP) is 1.97. The molecular weight excluding hydrogens is 199 g/mol. The van der Waals surface area contributed by atoms with Gasteiger partial charge in [-0.1, -0.05) is 0 Å². The molecule has 0 spiro atoms. The molecule has 0 radical (unpaired) electrons. The summed E-state index contributed by atoms with van der Waals surface area (Å²) in [6, 6.07) is 10.6. The van der Waals surface area contributed by atoms with Crippen molar-refractivity contribution in [2.24, 2.45) is 0 Å². The van der Waals surface area contributed by atoms with Crippen LogP contribution < -0.4 is 0 Å². The first-order chi connectivity index (χ1) is 4.79. The Morgan fingerprint density at radius 3 is 2.40 bits per heavy atom. The number of rotatable bonds is 2. The number of benzene rings is 1. The first kappa shape index (κ1) is 8.07. The van der Waals surface area contributed by atoms with Gasteiger partial charge in [-0.25, -0.2) is 0 Å². The van der Waals surface area contributed by atoms with Gasteiger partial charge in [0, 0.05) is 0 Å². The standard InChI is InChI=1S/C9H10.Zr/c1-2-6-9-7-4-3-5-8-9;/h3-5,7-8H,6H2,1H3;/q;+2. The van der Waals surface area contributed by atoms with E-state index in [0.717, 1.165) is 6.42 Å². The van der Waals surface area contributed by atoms with Crippen LogP contribution in [-0.4, -0.2) is 3.21 Å². The van der Waals surface area contributed by atoms with Crippen molar-refractivity contribution in [1.82, 2.24) is 0 Å². The molecule has 10 heavy (non-hydrogen) atoms. The van der Waals surface area contributed by atoms with Crippen LogP contribution in [0.5, 0.6) is 0 Å². The van der Waals surface area contributed by atoms with E-state index in [1.165, 1.54) is 5.56 Å². The summed E-state index contributed by atoms with van der Waals surface area (Å²) in [6.45, 7) is 2.20. The molecule has 0 aliphatic rings. The molecule has 0 saturated carbocycles. The molecular formula is C9H10Zr+2. The first-order valence-electron chi connectivity index (χ1n) is 3.37. The molecule has 0 unspecified atom stereocenters. The Morgan fingerprint density at radius 1 is 1.30 bits per heavy atom. The Kier molecular flexibility index (Phi) is 3.21. The maximum atomic E-state index is 2.20. The van der Waals surface area contributed by atoms with Crippen molar-refractivity contribution < 1.29 is 24.2 Å². The van der Waals surface area contributed by atoms with Gasteiger partial charge >= 0.3 is 76.7 Å². The summed E-state index contributed by atoms with van der Waals surface area (Å²) >= 11 is 1.55. The van der Waals surface area contributed by atoms with Crippen molar-refractivity contribution in [3.8, 4) is 0 Å². The summed E-state index contributed by atoms with van der Waals surface area (Å²) in [6.07, 6.45) is 1.15. The third-order valence-electron chi connectivity index (χ3n) is 1.31. The van der Waals surface area contributed by atoms with Crippen LogP contribution in [0.25, 0.3) is 0 Å². The van der Waals surface area contributed by atoms with Gasteiger partial charge in [0.15, 0.2) is 0 Å². The van der Waals surface area contributed by atoms with Crippen LogP contribution in [0.2, 0.25) is 0 Å². The van der Waals surface area contributed by atoms with E-state index in [9.17, 15) is 0 Å². The molecule has 0 bridgehead atoms. The third-order valence-corrected chi connectivity index (χ3v) is 1.75. The normalized spacial score (nSPS) is 9.50. The predicted molar refractivity (Wildman–Crippen MR) is 40.8 cm³/mol. The molecule has 0 saturated heterocycles. The van der Waals surface area contributed by atoms with Gasteiger partial charge in [-0.15, -0.1) is 0 Å². The van der Waals surface area contributed by atoms with Gasteiger partial charge in [0.05, 0.1) is 0 Å². The van der Waals surface area contributed by atoms with Crippen LogP contribution in [0.3, 0.4) is 0 Å². The summed E-state index contributed by atoms with van der Waals surface area (Å²) < 4.78 is 1.55. The average Bonchev–Trinajstić information content (AvgIpc) is 1.88. The minimum atomic E-state index is 1.15. The van der Waals surface area contributed by atoms with Gasteiger partial charge < -0.3 is 0 Å². The van der Waals surface area contributed by atoms with Crippen LogP contribution in [0, 0.1) is 0 Å². The van der Waals surface area contributed by atoms with Crippen LogP contribution in [-0.2, 0) is 30.7 Å². The molecule has 0 atom stereocenters.